The molecule has 2 fully saturated rings. The summed E-state index contributed by atoms with van der Waals surface area (Å²) in [5.41, 5.74) is 3.12. The first-order valence-electron chi connectivity index (χ1n) is 12.9. The van der Waals surface area contributed by atoms with Crippen LogP contribution in [0.2, 0.25) is 0 Å². The molecular weight excluding hydrogens is 497 g/mol. The molecule has 1 aliphatic carbocycles. The summed E-state index contributed by atoms with van der Waals surface area (Å²) >= 11 is 0. The fraction of sp³-hybridized carbons (Fsp3) is 0.429. The molecule has 2 amide bonds. The van der Waals surface area contributed by atoms with Crippen LogP contribution in [-0.4, -0.2) is 58.5 Å². The van der Waals surface area contributed by atoms with Crippen LogP contribution in [0.1, 0.15) is 65.9 Å². The number of rotatable bonds is 6. The summed E-state index contributed by atoms with van der Waals surface area (Å²) < 4.78 is 38.1. The number of hydrogen-bond donors (Lipinski definition) is 1. The molecule has 0 bridgehead atoms. The van der Waals surface area contributed by atoms with Gasteiger partial charge in [0.15, 0.2) is 5.78 Å². The number of piperidine rings is 1. The Bertz CT molecular complexity index is 1430. The summed E-state index contributed by atoms with van der Waals surface area (Å²) in [6.45, 7) is 0.357. The second kappa shape index (κ2) is 8.96. The average molecular weight is 525 g/mol. The van der Waals surface area contributed by atoms with Crippen LogP contribution in [0.5, 0.6) is 0 Å². The molecule has 2 aliphatic heterocycles. The SMILES string of the molecule is O=C(CCC(F)(F)F)CN1C(=O)C2(CCN(C(=O)c3ccc4[nH]ncc4c3)CC2)c2c(C3CC3)cccc21. The van der Waals surface area contributed by atoms with Crippen molar-refractivity contribution >= 4 is 34.2 Å². The third-order valence-electron chi connectivity index (χ3n) is 8.13. The Hall–Kier alpha value is -3.69. The van der Waals surface area contributed by atoms with E-state index < -0.39 is 30.2 Å². The van der Waals surface area contributed by atoms with Crippen molar-refractivity contribution in [2.45, 2.75) is 56.0 Å². The molecule has 3 heterocycles. The molecule has 198 valence electrons. The van der Waals surface area contributed by atoms with Crippen LogP contribution in [0.3, 0.4) is 0 Å². The number of carbonyl (C=O) groups excluding carboxylic acids is 3. The molecule has 2 aromatic carbocycles. The van der Waals surface area contributed by atoms with Gasteiger partial charge in [0.25, 0.3) is 5.91 Å². The Balaban J connectivity index is 1.26. The van der Waals surface area contributed by atoms with E-state index in [-0.39, 0.29) is 18.4 Å². The summed E-state index contributed by atoms with van der Waals surface area (Å²) in [7, 11) is 0. The summed E-state index contributed by atoms with van der Waals surface area (Å²) in [5, 5.41) is 7.70. The van der Waals surface area contributed by atoms with E-state index in [9.17, 15) is 27.6 Å². The largest absolute Gasteiger partial charge is 0.389 e. The minimum atomic E-state index is -4.43. The van der Waals surface area contributed by atoms with Gasteiger partial charge in [-0.15, -0.1) is 0 Å². The first-order chi connectivity index (χ1) is 18.2. The molecule has 0 radical (unpaired) electrons. The number of H-pyrrole nitrogens is 1. The number of Topliss-reactive ketones (excluding diaryl/α,β-unsaturated/α-hetero) is 1. The quantitative estimate of drug-likeness (QED) is 0.499. The van der Waals surface area contributed by atoms with E-state index in [0.717, 1.165) is 34.9 Å². The maximum absolute atomic E-state index is 14.0. The number of aromatic amines is 1. The Morgan fingerprint density at radius 2 is 1.87 bits per heavy atom. The predicted octanol–water partition coefficient (Wildman–Crippen LogP) is 4.87. The Kier molecular flexibility index (Phi) is 5.81. The minimum absolute atomic E-state index is 0.122. The number of halogens is 3. The van der Waals surface area contributed by atoms with Gasteiger partial charge in [0.1, 0.15) is 0 Å². The Morgan fingerprint density at radius 1 is 1.11 bits per heavy atom. The minimum Gasteiger partial charge on any atom is -0.339 e. The zero-order valence-electron chi connectivity index (χ0n) is 20.7. The van der Waals surface area contributed by atoms with E-state index in [1.165, 1.54) is 4.90 Å². The van der Waals surface area contributed by atoms with E-state index >= 15 is 0 Å². The molecule has 0 atom stereocenters. The monoisotopic (exact) mass is 524 g/mol. The molecule has 6 rings (SSSR count). The van der Waals surface area contributed by atoms with Crippen LogP contribution < -0.4 is 4.90 Å². The second-order valence-corrected chi connectivity index (χ2v) is 10.6. The summed E-state index contributed by atoms with van der Waals surface area (Å²) in [5.74, 6) is -0.634. The molecule has 10 heteroatoms. The number of ketones is 1. The van der Waals surface area contributed by atoms with Gasteiger partial charge in [-0.25, -0.2) is 0 Å². The molecule has 1 saturated carbocycles. The fourth-order valence-corrected chi connectivity index (χ4v) is 6.02. The van der Waals surface area contributed by atoms with Crippen LogP contribution in [0.15, 0.2) is 42.6 Å². The van der Waals surface area contributed by atoms with Crippen molar-refractivity contribution in [1.29, 1.82) is 0 Å². The topological polar surface area (TPSA) is 86.4 Å². The molecule has 1 saturated heterocycles. The normalized spacial score (nSPS) is 18.9. The van der Waals surface area contributed by atoms with Crippen LogP contribution >= 0.6 is 0 Å². The number of aromatic nitrogens is 2. The highest BCUT2D eigenvalue weighted by Crippen LogP contribution is 2.54. The first-order valence-corrected chi connectivity index (χ1v) is 12.9. The lowest BCUT2D eigenvalue weighted by atomic mass is 9.71. The van der Waals surface area contributed by atoms with Crippen molar-refractivity contribution in [2.24, 2.45) is 0 Å². The van der Waals surface area contributed by atoms with E-state index in [2.05, 4.69) is 10.2 Å². The van der Waals surface area contributed by atoms with Crippen LogP contribution in [0, 0.1) is 0 Å². The Morgan fingerprint density at radius 3 is 2.58 bits per heavy atom. The van der Waals surface area contributed by atoms with Gasteiger partial charge in [-0.1, -0.05) is 12.1 Å². The maximum Gasteiger partial charge on any atom is 0.389 e. The number of likely N-dealkylation sites (tertiary alicyclic amines) is 1. The van der Waals surface area contributed by atoms with Gasteiger partial charge >= 0.3 is 6.18 Å². The highest BCUT2D eigenvalue weighted by molar-refractivity contribution is 6.11. The van der Waals surface area contributed by atoms with Gasteiger partial charge in [-0.05, 0) is 67.0 Å². The highest BCUT2D eigenvalue weighted by Gasteiger charge is 2.54. The van der Waals surface area contributed by atoms with Crippen molar-refractivity contribution in [3.63, 3.8) is 0 Å². The third-order valence-corrected chi connectivity index (χ3v) is 8.13. The number of amides is 2. The zero-order chi connectivity index (χ0) is 26.7. The second-order valence-electron chi connectivity index (χ2n) is 10.6. The smallest absolute Gasteiger partial charge is 0.339 e. The fourth-order valence-electron chi connectivity index (χ4n) is 6.02. The van der Waals surface area contributed by atoms with E-state index in [0.29, 0.717) is 43.1 Å². The molecule has 38 heavy (non-hydrogen) atoms. The van der Waals surface area contributed by atoms with Crippen LogP contribution in [0.25, 0.3) is 10.9 Å². The van der Waals surface area contributed by atoms with Crippen molar-refractivity contribution in [3.8, 4) is 0 Å². The van der Waals surface area contributed by atoms with Gasteiger partial charge in [0.2, 0.25) is 5.91 Å². The molecular formula is C28H27F3N4O3. The van der Waals surface area contributed by atoms with Crippen LogP contribution in [0.4, 0.5) is 18.9 Å². The summed E-state index contributed by atoms with van der Waals surface area (Å²) in [4.78, 5) is 42.9. The third kappa shape index (κ3) is 4.25. The molecule has 3 aliphatic rings. The first kappa shape index (κ1) is 24.6. The van der Waals surface area contributed by atoms with Crippen molar-refractivity contribution in [1.82, 2.24) is 15.1 Å². The zero-order valence-corrected chi connectivity index (χ0v) is 20.7. The van der Waals surface area contributed by atoms with Gasteiger partial charge in [0, 0.05) is 36.1 Å². The van der Waals surface area contributed by atoms with E-state index in [1.807, 2.05) is 18.2 Å². The average Bonchev–Trinajstić information content (AvgIpc) is 3.60. The van der Waals surface area contributed by atoms with Gasteiger partial charge in [-0.3, -0.25) is 19.5 Å². The summed E-state index contributed by atoms with van der Waals surface area (Å²) in [6.07, 6.45) is -1.78. The van der Waals surface area contributed by atoms with Gasteiger partial charge in [0.05, 0.1) is 30.1 Å². The summed E-state index contributed by atoms with van der Waals surface area (Å²) in [6, 6.07) is 11.0. The van der Waals surface area contributed by atoms with Gasteiger partial charge < -0.3 is 9.80 Å². The molecule has 3 aromatic rings. The van der Waals surface area contributed by atoms with E-state index in [1.54, 1.807) is 29.3 Å². The molecule has 1 N–H and O–H groups in total. The van der Waals surface area contributed by atoms with Crippen LogP contribution in [-0.2, 0) is 15.0 Å². The number of anilines is 1. The number of hydrogen-bond acceptors (Lipinski definition) is 4. The Labute approximate surface area is 217 Å². The lowest BCUT2D eigenvalue weighted by molar-refractivity contribution is -0.142. The lowest BCUT2D eigenvalue weighted by Crippen LogP contribution is -2.51. The number of fused-ring (bicyclic) bond motifs is 3. The van der Waals surface area contributed by atoms with E-state index in [4.69, 9.17) is 0 Å². The van der Waals surface area contributed by atoms with Crippen molar-refractivity contribution < 1.29 is 27.6 Å². The lowest BCUT2D eigenvalue weighted by Gasteiger charge is -2.39. The number of carbonyl (C=O) groups is 3. The molecule has 0 unspecified atom stereocenters. The molecule has 1 spiro atoms. The number of benzene rings is 2. The van der Waals surface area contributed by atoms with Gasteiger partial charge in [-0.2, -0.15) is 18.3 Å². The maximum atomic E-state index is 14.0. The highest BCUT2D eigenvalue weighted by atomic mass is 19.4. The molecule has 1 aromatic heterocycles. The number of alkyl halides is 3. The van der Waals surface area contributed by atoms with Crippen molar-refractivity contribution in [3.05, 3.63) is 59.3 Å². The number of nitrogens with zero attached hydrogens (tertiary/aromatic N) is 3. The number of nitrogens with one attached hydrogen (secondary N) is 1. The standard InChI is InChI=1S/C28H27F3N4O3/c29-28(30,31)9-8-20(36)16-35-23-3-1-2-21(17-4-5-17)24(23)27(26(35)38)10-12-34(13-11-27)25(37)18-6-7-22-19(14-18)15-32-33-22/h1-3,6-7,14-15,17H,4-5,8-13,16H2,(H,32,33). The molecule has 7 nitrogen and oxygen atoms in total. The van der Waals surface area contributed by atoms with Crippen molar-refractivity contribution in [2.75, 3.05) is 24.5 Å². The predicted molar refractivity (Wildman–Crippen MR) is 134 cm³/mol.